The maximum atomic E-state index is 14.1. The quantitative estimate of drug-likeness (QED) is 0.507. The molecule has 1 aliphatic heterocycles. The molecule has 0 bridgehead atoms. The number of phenolic OH excluding ortho intramolecular Hbond substituents is 1. The van der Waals surface area contributed by atoms with Crippen molar-refractivity contribution in [3.8, 4) is 28.1 Å². The topological polar surface area (TPSA) is 55.4 Å². The Labute approximate surface area is 178 Å². The molecule has 2 N–H and O–H groups in total. The van der Waals surface area contributed by atoms with Crippen LogP contribution in [0.15, 0.2) is 54.9 Å². The third kappa shape index (κ3) is 3.51. The number of nitrogens with zero attached hydrogens (tertiary/aromatic N) is 3. The van der Waals surface area contributed by atoms with E-state index in [1.807, 2.05) is 24.4 Å². The minimum atomic E-state index is -1.01. The monoisotopic (exact) mass is 420 g/mol. The molecule has 2 aromatic heterocycles. The summed E-state index contributed by atoms with van der Waals surface area (Å²) in [4.78, 5) is 12.3. The first-order valence-corrected chi connectivity index (χ1v) is 10.2. The van der Waals surface area contributed by atoms with Crippen molar-refractivity contribution < 1.29 is 13.9 Å². The highest BCUT2D eigenvalue weighted by atomic mass is 19.1. The van der Waals surface area contributed by atoms with Crippen molar-refractivity contribution in [1.82, 2.24) is 14.9 Å². The predicted octanol–water partition coefficient (Wildman–Crippen LogP) is 4.63. The van der Waals surface area contributed by atoms with Crippen LogP contribution in [0.4, 0.5) is 14.5 Å². The van der Waals surface area contributed by atoms with Crippen molar-refractivity contribution in [2.75, 3.05) is 38.1 Å². The van der Waals surface area contributed by atoms with Gasteiger partial charge in [0.05, 0.1) is 17.4 Å². The number of piperazine rings is 1. The fourth-order valence-corrected chi connectivity index (χ4v) is 4.15. The van der Waals surface area contributed by atoms with Crippen LogP contribution in [0, 0.1) is 11.6 Å². The molecule has 7 heteroatoms. The van der Waals surface area contributed by atoms with Gasteiger partial charge in [-0.2, -0.15) is 0 Å². The Morgan fingerprint density at radius 3 is 2.29 bits per heavy atom. The normalized spacial score (nSPS) is 15.0. The number of fused-ring (bicyclic) bond motifs is 1. The van der Waals surface area contributed by atoms with Gasteiger partial charge in [0.25, 0.3) is 0 Å². The van der Waals surface area contributed by atoms with Crippen molar-refractivity contribution in [2.45, 2.75) is 0 Å². The van der Waals surface area contributed by atoms with E-state index in [9.17, 15) is 13.9 Å². The first kappa shape index (κ1) is 19.5. The van der Waals surface area contributed by atoms with Crippen LogP contribution in [0.5, 0.6) is 5.75 Å². The van der Waals surface area contributed by atoms with Gasteiger partial charge in [-0.25, -0.2) is 8.78 Å². The average Bonchev–Trinajstić information content (AvgIpc) is 3.26. The van der Waals surface area contributed by atoms with E-state index < -0.39 is 17.4 Å². The van der Waals surface area contributed by atoms with Crippen molar-refractivity contribution in [3.63, 3.8) is 0 Å². The summed E-state index contributed by atoms with van der Waals surface area (Å²) in [7, 11) is 2.13. The van der Waals surface area contributed by atoms with Crippen molar-refractivity contribution in [2.24, 2.45) is 0 Å². The summed E-state index contributed by atoms with van der Waals surface area (Å²) in [5.41, 5.74) is 4.40. The molecule has 158 valence electrons. The van der Waals surface area contributed by atoms with E-state index in [4.69, 9.17) is 0 Å². The number of aromatic hydroxyl groups is 1. The molecule has 0 spiro atoms. The second kappa shape index (κ2) is 7.67. The number of pyridine rings is 1. The summed E-state index contributed by atoms with van der Waals surface area (Å²) >= 11 is 0. The fourth-order valence-electron chi connectivity index (χ4n) is 4.15. The molecule has 5 rings (SSSR count). The Morgan fingerprint density at radius 1 is 0.935 bits per heavy atom. The Balaban J connectivity index is 1.61. The number of hydrogen-bond donors (Lipinski definition) is 2. The van der Waals surface area contributed by atoms with E-state index in [2.05, 4.69) is 38.9 Å². The molecule has 2 aromatic carbocycles. The van der Waals surface area contributed by atoms with Crippen molar-refractivity contribution in [1.29, 1.82) is 0 Å². The number of aromatic nitrogens is 2. The molecule has 5 nitrogen and oxygen atoms in total. The Morgan fingerprint density at radius 2 is 1.61 bits per heavy atom. The van der Waals surface area contributed by atoms with Gasteiger partial charge in [-0.1, -0.05) is 12.1 Å². The predicted molar refractivity (Wildman–Crippen MR) is 118 cm³/mol. The molecule has 0 saturated carbocycles. The third-order valence-corrected chi connectivity index (χ3v) is 5.92. The van der Waals surface area contributed by atoms with Crippen LogP contribution >= 0.6 is 0 Å². The summed E-state index contributed by atoms with van der Waals surface area (Å²) in [5.74, 6) is -3.01. The SMILES string of the molecule is CN1CCN(c2ccc(-c3c(-c4cc(F)c(O)c(F)c4)ncc4[nH]ccc34)cc2)CC1. The van der Waals surface area contributed by atoms with Crippen molar-refractivity contribution >= 4 is 16.6 Å². The first-order chi connectivity index (χ1) is 15.0. The summed E-state index contributed by atoms with van der Waals surface area (Å²) in [5, 5.41) is 10.4. The molecule has 0 radical (unpaired) electrons. The molecule has 1 fully saturated rings. The molecule has 31 heavy (non-hydrogen) atoms. The zero-order valence-electron chi connectivity index (χ0n) is 17.1. The lowest BCUT2D eigenvalue weighted by Gasteiger charge is -2.34. The lowest BCUT2D eigenvalue weighted by molar-refractivity contribution is 0.313. The number of halogens is 2. The zero-order valence-corrected chi connectivity index (χ0v) is 17.1. The second-order valence-corrected chi connectivity index (χ2v) is 7.91. The Hall–Kier alpha value is -3.45. The number of H-pyrrole nitrogens is 1. The van der Waals surface area contributed by atoms with Gasteiger partial charge >= 0.3 is 0 Å². The summed E-state index contributed by atoms with van der Waals surface area (Å²) in [6, 6.07) is 12.4. The van der Waals surface area contributed by atoms with E-state index in [1.165, 1.54) is 0 Å². The third-order valence-electron chi connectivity index (χ3n) is 5.92. The molecule has 1 saturated heterocycles. The number of anilines is 1. The largest absolute Gasteiger partial charge is 0.503 e. The van der Waals surface area contributed by atoms with E-state index in [0.29, 0.717) is 5.69 Å². The average molecular weight is 420 g/mol. The number of phenols is 1. The van der Waals surface area contributed by atoms with Gasteiger partial charge in [-0.05, 0) is 42.9 Å². The smallest absolute Gasteiger partial charge is 0.187 e. The summed E-state index contributed by atoms with van der Waals surface area (Å²) in [6.45, 7) is 4.00. The number of rotatable bonds is 3. The number of likely N-dealkylation sites (N-methyl/N-ethyl adjacent to an activating group) is 1. The molecular weight excluding hydrogens is 398 g/mol. The van der Waals surface area contributed by atoms with Gasteiger partial charge in [0.2, 0.25) is 0 Å². The van der Waals surface area contributed by atoms with Gasteiger partial charge in [-0.3, -0.25) is 4.98 Å². The minimum Gasteiger partial charge on any atom is -0.503 e. The highest BCUT2D eigenvalue weighted by molar-refractivity contribution is 6.01. The van der Waals surface area contributed by atoms with Crippen molar-refractivity contribution in [3.05, 3.63) is 66.5 Å². The molecule has 4 aromatic rings. The van der Waals surface area contributed by atoms with E-state index in [1.54, 1.807) is 6.20 Å². The van der Waals surface area contributed by atoms with Gasteiger partial charge in [0.1, 0.15) is 0 Å². The first-order valence-electron chi connectivity index (χ1n) is 10.2. The van der Waals surface area contributed by atoms with E-state index in [-0.39, 0.29) is 5.56 Å². The van der Waals surface area contributed by atoms with Crippen LogP contribution in [0.2, 0.25) is 0 Å². The van der Waals surface area contributed by atoms with Crippen LogP contribution in [0.3, 0.4) is 0 Å². The maximum Gasteiger partial charge on any atom is 0.187 e. The number of benzene rings is 2. The van der Waals surface area contributed by atoms with Gasteiger partial charge in [-0.15, -0.1) is 0 Å². The molecule has 3 heterocycles. The van der Waals surface area contributed by atoms with Crippen LogP contribution < -0.4 is 4.90 Å². The summed E-state index contributed by atoms with van der Waals surface area (Å²) in [6.07, 6.45) is 3.46. The molecule has 0 atom stereocenters. The van der Waals surface area contributed by atoms with E-state index >= 15 is 0 Å². The van der Waals surface area contributed by atoms with Gasteiger partial charge in [0.15, 0.2) is 17.4 Å². The Bertz CT molecular complexity index is 1220. The van der Waals surface area contributed by atoms with E-state index in [0.717, 1.165) is 66.0 Å². The number of hydrogen-bond acceptors (Lipinski definition) is 4. The summed E-state index contributed by atoms with van der Waals surface area (Å²) < 4.78 is 28.1. The number of nitrogens with one attached hydrogen (secondary N) is 1. The molecule has 0 amide bonds. The Kier molecular flexibility index (Phi) is 4.82. The molecule has 0 aliphatic carbocycles. The van der Waals surface area contributed by atoms with Crippen LogP contribution in [0.25, 0.3) is 33.3 Å². The lowest BCUT2D eigenvalue weighted by atomic mass is 9.95. The molecule has 1 aliphatic rings. The standard InChI is InChI=1S/C24H22F2N4O/c1-29-8-10-30(11-9-29)17-4-2-15(3-5-17)22-18-6-7-27-21(18)14-28-23(22)16-12-19(25)24(31)20(26)13-16/h2-7,12-14,27,31H,8-11H2,1H3. The van der Waals surface area contributed by atoms with Gasteiger partial charge in [0, 0.05) is 54.6 Å². The highest BCUT2D eigenvalue weighted by Gasteiger charge is 2.19. The highest BCUT2D eigenvalue weighted by Crippen LogP contribution is 2.38. The minimum absolute atomic E-state index is 0.272. The molecule has 0 unspecified atom stereocenters. The number of aromatic amines is 1. The second-order valence-electron chi connectivity index (χ2n) is 7.91. The van der Waals surface area contributed by atoms with Crippen LogP contribution in [-0.2, 0) is 0 Å². The maximum absolute atomic E-state index is 14.1. The van der Waals surface area contributed by atoms with Gasteiger partial charge < -0.3 is 19.9 Å². The lowest BCUT2D eigenvalue weighted by Crippen LogP contribution is -2.44. The van der Waals surface area contributed by atoms with Crippen LogP contribution in [0.1, 0.15) is 0 Å². The molecular formula is C24H22F2N4O. The fraction of sp³-hybridized carbons (Fsp3) is 0.208. The zero-order chi connectivity index (χ0) is 21.5. The van der Waals surface area contributed by atoms with Crippen LogP contribution in [-0.4, -0.2) is 53.2 Å².